The normalized spacial score (nSPS) is 21.0. The highest BCUT2D eigenvalue weighted by molar-refractivity contribution is 9.10. The molecule has 2 amide bonds. The van der Waals surface area contributed by atoms with Gasteiger partial charge in [-0.15, -0.1) is 0 Å². The van der Waals surface area contributed by atoms with E-state index in [1.54, 1.807) is 42.4 Å². The molecule has 0 bridgehead atoms. The zero-order chi connectivity index (χ0) is 29.9. The van der Waals surface area contributed by atoms with Gasteiger partial charge in [0.05, 0.1) is 5.52 Å². The number of rotatable bonds is 7. The third-order valence-corrected chi connectivity index (χ3v) is 8.77. The number of alkyl halides is 1. The Morgan fingerprint density at radius 2 is 1.86 bits per heavy atom. The molecule has 6 rings (SSSR count). The number of likely N-dealkylation sites (tertiary alicyclic amines) is 1. The predicted octanol–water partition coefficient (Wildman–Crippen LogP) is 4.96. The number of anilines is 1. The molecule has 3 atom stereocenters. The highest BCUT2D eigenvalue weighted by Crippen LogP contribution is 2.59. The first-order chi connectivity index (χ1) is 20.0. The zero-order valence-corrected chi connectivity index (χ0v) is 25.2. The van der Waals surface area contributed by atoms with E-state index in [9.17, 15) is 18.8 Å². The number of nitrogens with one attached hydrogen (secondary N) is 1. The molecule has 1 saturated heterocycles. The van der Waals surface area contributed by atoms with Crippen LogP contribution in [0.15, 0.2) is 41.3 Å². The van der Waals surface area contributed by atoms with Crippen LogP contribution in [0.3, 0.4) is 0 Å². The molecule has 12 heteroatoms. The van der Waals surface area contributed by atoms with Gasteiger partial charge in [0.15, 0.2) is 5.78 Å². The second kappa shape index (κ2) is 10.3. The second-order valence-electron chi connectivity index (χ2n) is 11.4. The summed E-state index contributed by atoms with van der Waals surface area (Å²) in [6, 6.07) is 6.28. The number of aryl methyl sites for hydroxylation is 2. The van der Waals surface area contributed by atoms with Crippen molar-refractivity contribution in [1.82, 2.24) is 29.6 Å². The van der Waals surface area contributed by atoms with Crippen LogP contribution in [-0.2, 0) is 22.8 Å². The third-order valence-electron chi connectivity index (χ3n) is 8.33. The van der Waals surface area contributed by atoms with Crippen molar-refractivity contribution in [3.8, 4) is 11.1 Å². The Morgan fingerprint density at radius 1 is 1.12 bits per heavy atom. The fourth-order valence-electron chi connectivity index (χ4n) is 5.99. The molecule has 1 saturated carbocycles. The first kappa shape index (κ1) is 28.1. The molecule has 0 spiro atoms. The summed E-state index contributed by atoms with van der Waals surface area (Å²) < 4.78 is 16.5. The van der Waals surface area contributed by atoms with Crippen LogP contribution in [0.2, 0.25) is 0 Å². The van der Waals surface area contributed by atoms with Gasteiger partial charge in [0.1, 0.15) is 41.2 Å². The third kappa shape index (κ3) is 4.87. The number of nitrogens with zero attached hydrogens (tertiary/aromatic N) is 6. The Morgan fingerprint density at radius 3 is 2.55 bits per heavy atom. The molecule has 1 aromatic carbocycles. The van der Waals surface area contributed by atoms with Gasteiger partial charge < -0.3 is 10.2 Å². The average Bonchev–Trinajstić information content (AvgIpc) is 3.31. The fourth-order valence-corrected chi connectivity index (χ4v) is 6.30. The number of benzene rings is 1. The van der Waals surface area contributed by atoms with Gasteiger partial charge in [-0.3, -0.25) is 19.1 Å². The molecule has 1 N–H and O–H groups in total. The highest BCUT2D eigenvalue weighted by atomic mass is 79.9. The maximum absolute atomic E-state index is 14.5. The van der Waals surface area contributed by atoms with Crippen LogP contribution in [0.1, 0.15) is 54.1 Å². The minimum atomic E-state index is -0.831. The molecule has 216 valence electrons. The lowest BCUT2D eigenvalue weighted by Gasteiger charge is -2.27. The van der Waals surface area contributed by atoms with E-state index in [-0.39, 0.29) is 41.3 Å². The van der Waals surface area contributed by atoms with Crippen LogP contribution in [0.5, 0.6) is 0 Å². The molecule has 2 aliphatic rings. The summed E-state index contributed by atoms with van der Waals surface area (Å²) in [5.74, 6) is 0.0951. The van der Waals surface area contributed by atoms with E-state index in [0.29, 0.717) is 50.3 Å². The first-order valence-corrected chi connectivity index (χ1v) is 14.4. The van der Waals surface area contributed by atoms with E-state index in [2.05, 4.69) is 48.2 Å². The smallest absolute Gasteiger partial charge is 0.248 e. The van der Waals surface area contributed by atoms with E-state index in [4.69, 9.17) is 0 Å². The number of hydrogen-bond donors (Lipinski definition) is 1. The fraction of sp³-hybridized carbons (Fsp3) is 0.367. The van der Waals surface area contributed by atoms with E-state index in [1.807, 2.05) is 13.0 Å². The van der Waals surface area contributed by atoms with Crippen molar-refractivity contribution in [2.24, 2.45) is 5.41 Å². The number of Topliss-reactive ketones (excluding diaryl/α,β-unsaturated/α-hetero) is 1. The SMILES string of the molecule is CC(=O)c1nn(CC(=O)N2[C@H]3C[C@@]3(C)C[C@H]2C(=O)Nc2nc(Br)ccc2C)c2c(CF)cc(-c3cnc(C)nc3)cc12. The number of aromatic nitrogens is 5. The van der Waals surface area contributed by atoms with Gasteiger partial charge >= 0.3 is 0 Å². The molecule has 3 aromatic heterocycles. The minimum Gasteiger partial charge on any atom is -0.325 e. The Bertz CT molecular complexity index is 1770. The number of fused-ring (bicyclic) bond motifs is 2. The number of carbonyl (C=O) groups is 3. The Labute approximate surface area is 249 Å². The highest BCUT2D eigenvalue weighted by Gasteiger charge is 2.64. The first-order valence-electron chi connectivity index (χ1n) is 13.6. The summed E-state index contributed by atoms with van der Waals surface area (Å²) in [5, 5.41) is 7.82. The largest absolute Gasteiger partial charge is 0.325 e. The van der Waals surface area contributed by atoms with Crippen molar-refractivity contribution >= 4 is 50.2 Å². The van der Waals surface area contributed by atoms with Crippen LogP contribution in [0, 0.1) is 19.3 Å². The Balaban J connectivity index is 1.34. The van der Waals surface area contributed by atoms with Crippen LogP contribution < -0.4 is 5.32 Å². The minimum absolute atomic E-state index is 0.0831. The molecule has 1 aliphatic heterocycles. The predicted molar refractivity (Wildman–Crippen MR) is 157 cm³/mol. The molecular formula is C30H29BrFN7O3. The van der Waals surface area contributed by atoms with E-state index in [0.717, 1.165) is 12.0 Å². The molecule has 42 heavy (non-hydrogen) atoms. The van der Waals surface area contributed by atoms with Gasteiger partial charge in [-0.05, 0) is 77.4 Å². The summed E-state index contributed by atoms with van der Waals surface area (Å²) in [7, 11) is 0. The number of pyridine rings is 1. The van der Waals surface area contributed by atoms with Crippen molar-refractivity contribution in [3.05, 3.63) is 63.9 Å². The average molecular weight is 635 g/mol. The summed E-state index contributed by atoms with van der Waals surface area (Å²) in [4.78, 5) is 54.4. The van der Waals surface area contributed by atoms with Crippen molar-refractivity contribution in [3.63, 3.8) is 0 Å². The molecule has 0 unspecified atom stereocenters. The molecule has 4 heterocycles. The van der Waals surface area contributed by atoms with Crippen molar-refractivity contribution < 1.29 is 18.8 Å². The van der Waals surface area contributed by atoms with Crippen molar-refractivity contribution in [2.75, 3.05) is 5.32 Å². The lowest BCUT2D eigenvalue weighted by Crippen LogP contribution is -2.47. The molecule has 10 nitrogen and oxygen atoms in total. The van der Waals surface area contributed by atoms with E-state index < -0.39 is 12.7 Å². The van der Waals surface area contributed by atoms with Crippen molar-refractivity contribution in [1.29, 1.82) is 0 Å². The number of hydrogen-bond acceptors (Lipinski definition) is 7. The van der Waals surface area contributed by atoms with Gasteiger partial charge in [0.2, 0.25) is 11.8 Å². The number of carbonyl (C=O) groups excluding carboxylic acids is 3. The molecule has 1 aliphatic carbocycles. The van der Waals surface area contributed by atoms with Gasteiger partial charge in [0.25, 0.3) is 0 Å². The van der Waals surface area contributed by atoms with E-state index in [1.165, 1.54) is 11.6 Å². The maximum atomic E-state index is 14.5. The van der Waals surface area contributed by atoms with Crippen molar-refractivity contribution in [2.45, 2.75) is 65.8 Å². The zero-order valence-electron chi connectivity index (χ0n) is 23.6. The molecule has 2 fully saturated rings. The maximum Gasteiger partial charge on any atom is 0.248 e. The summed E-state index contributed by atoms with van der Waals surface area (Å²) in [6.45, 7) is 6.01. The van der Waals surface area contributed by atoms with Gasteiger partial charge in [0, 0.05) is 41.9 Å². The monoisotopic (exact) mass is 633 g/mol. The standard InChI is InChI=1S/C30H29BrFN7O3/c1-15-5-6-24(31)35-28(15)36-29(42)22-9-30(4)10-23(30)39(22)25(41)14-38-27-19(11-32)7-18(20-12-33-17(3)34-13-20)8-21(27)26(37-38)16(2)40/h5-8,12-13,22-23H,9-11,14H2,1-4H3,(H,35,36,42)/t22-,23-,30+/m0/s1. The van der Waals surface area contributed by atoms with Crippen LogP contribution in [0.25, 0.3) is 22.0 Å². The molecular weight excluding hydrogens is 605 g/mol. The van der Waals surface area contributed by atoms with Gasteiger partial charge in [-0.1, -0.05) is 13.0 Å². The summed E-state index contributed by atoms with van der Waals surface area (Å²) >= 11 is 3.34. The van der Waals surface area contributed by atoms with Crippen LogP contribution in [0.4, 0.5) is 10.2 Å². The Kier molecular flexibility index (Phi) is 6.91. The molecule has 0 radical (unpaired) electrons. The van der Waals surface area contributed by atoms with E-state index >= 15 is 0 Å². The second-order valence-corrected chi connectivity index (χ2v) is 12.2. The summed E-state index contributed by atoms with van der Waals surface area (Å²) in [6.07, 6.45) is 4.61. The number of piperidine rings is 1. The topological polar surface area (TPSA) is 123 Å². The Hall–Kier alpha value is -4.06. The summed E-state index contributed by atoms with van der Waals surface area (Å²) in [5.41, 5.74) is 2.78. The number of amides is 2. The lowest BCUT2D eigenvalue weighted by molar-refractivity contribution is -0.138. The van der Waals surface area contributed by atoms with Crippen LogP contribution in [-0.4, -0.2) is 59.3 Å². The van der Waals surface area contributed by atoms with Gasteiger partial charge in [-0.25, -0.2) is 19.3 Å². The molecule has 4 aromatic rings. The lowest BCUT2D eigenvalue weighted by atomic mass is 10.0. The van der Waals surface area contributed by atoms with Crippen LogP contribution >= 0.6 is 15.9 Å². The number of ketones is 1. The number of halogens is 2. The van der Waals surface area contributed by atoms with Gasteiger partial charge in [-0.2, -0.15) is 5.10 Å². The quantitative estimate of drug-likeness (QED) is 0.225.